The van der Waals surface area contributed by atoms with Gasteiger partial charge in [0.25, 0.3) is 0 Å². The third-order valence-corrected chi connectivity index (χ3v) is 4.55. The molecular weight excluding hydrogens is 296 g/mol. The first kappa shape index (κ1) is 16.3. The van der Waals surface area contributed by atoms with E-state index in [1.54, 1.807) is 12.5 Å². The van der Waals surface area contributed by atoms with E-state index >= 15 is 0 Å². The van der Waals surface area contributed by atoms with Crippen molar-refractivity contribution in [1.82, 2.24) is 10.6 Å². The summed E-state index contributed by atoms with van der Waals surface area (Å²) in [7, 11) is 0. The first-order valence-electron chi connectivity index (χ1n) is 8.24. The number of ether oxygens (including phenoxy) is 2. The molecule has 1 saturated carbocycles. The van der Waals surface area contributed by atoms with Gasteiger partial charge in [0.15, 0.2) is 0 Å². The summed E-state index contributed by atoms with van der Waals surface area (Å²) in [6.07, 6.45) is 4.17. The maximum absolute atomic E-state index is 12.1. The molecule has 2 aliphatic rings. The Labute approximate surface area is 136 Å². The van der Waals surface area contributed by atoms with E-state index in [-0.39, 0.29) is 30.3 Å². The van der Waals surface area contributed by atoms with Crippen LogP contribution in [0.15, 0.2) is 23.0 Å². The van der Waals surface area contributed by atoms with E-state index in [4.69, 9.17) is 13.9 Å². The van der Waals surface area contributed by atoms with Crippen LogP contribution in [-0.4, -0.2) is 36.5 Å². The van der Waals surface area contributed by atoms with Crippen LogP contribution in [-0.2, 0) is 9.47 Å². The fourth-order valence-electron chi connectivity index (χ4n) is 3.45. The quantitative estimate of drug-likeness (QED) is 0.891. The Balaban J connectivity index is 1.62. The van der Waals surface area contributed by atoms with E-state index in [9.17, 15) is 4.79 Å². The summed E-state index contributed by atoms with van der Waals surface area (Å²) in [5.74, 6) is 0.358. The minimum Gasteiger partial charge on any atom is -0.472 e. The Morgan fingerprint density at radius 2 is 2.17 bits per heavy atom. The van der Waals surface area contributed by atoms with Gasteiger partial charge in [-0.15, -0.1) is 0 Å². The van der Waals surface area contributed by atoms with Gasteiger partial charge >= 0.3 is 6.09 Å². The summed E-state index contributed by atoms with van der Waals surface area (Å²) in [6, 6.07) is 2.19. The largest absolute Gasteiger partial charge is 0.472 e. The number of hydrogen-bond donors (Lipinski definition) is 2. The molecule has 0 radical (unpaired) electrons. The molecule has 1 aliphatic carbocycles. The molecule has 2 N–H and O–H groups in total. The number of rotatable bonds is 4. The number of alkyl carbamates (subject to hydrolysis) is 1. The van der Waals surface area contributed by atoms with E-state index in [0.29, 0.717) is 5.92 Å². The lowest BCUT2D eigenvalue weighted by molar-refractivity contribution is -0.0372. The van der Waals surface area contributed by atoms with Gasteiger partial charge < -0.3 is 24.5 Å². The molecule has 128 valence electrons. The monoisotopic (exact) mass is 322 g/mol. The van der Waals surface area contributed by atoms with E-state index in [2.05, 4.69) is 17.6 Å². The third kappa shape index (κ3) is 3.53. The second kappa shape index (κ2) is 6.17. The van der Waals surface area contributed by atoms with Crippen molar-refractivity contribution in [2.75, 3.05) is 6.61 Å². The summed E-state index contributed by atoms with van der Waals surface area (Å²) in [4.78, 5) is 12.1. The zero-order valence-corrected chi connectivity index (χ0v) is 14.2. The van der Waals surface area contributed by atoms with Crippen LogP contribution < -0.4 is 10.6 Å². The van der Waals surface area contributed by atoms with Crippen molar-refractivity contribution in [2.24, 2.45) is 5.92 Å². The number of fused-ring (bicyclic) bond motifs is 1. The van der Waals surface area contributed by atoms with E-state index in [1.165, 1.54) is 0 Å². The van der Waals surface area contributed by atoms with Gasteiger partial charge in [0, 0.05) is 24.1 Å². The van der Waals surface area contributed by atoms with Gasteiger partial charge in [-0.25, -0.2) is 4.79 Å². The zero-order valence-electron chi connectivity index (χ0n) is 14.2. The highest BCUT2D eigenvalue weighted by molar-refractivity contribution is 5.68. The Morgan fingerprint density at radius 1 is 1.39 bits per heavy atom. The number of furan rings is 1. The molecule has 1 amide bonds. The molecule has 1 aromatic heterocycles. The maximum atomic E-state index is 12.1. The normalized spacial score (nSPS) is 31.1. The molecule has 1 aromatic rings. The van der Waals surface area contributed by atoms with Crippen LogP contribution >= 0.6 is 0 Å². The highest BCUT2D eigenvalue weighted by Gasteiger charge is 2.55. The lowest BCUT2D eigenvalue weighted by Crippen LogP contribution is -2.70. The van der Waals surface area contributed by atoms with Crippen LogP contribution in [0, 0.1) is 5.92 Å². The van der Waals surface area contributed by atoms with E-state index in [0.717, 1.165) is 18.6 Å². The first-order valence-corrected chi connectivity index (χ1v) is 8.24. The van der Waals surface area contributed by atoms with Crippen molar-refractivity contribution in [3.8, 4) is 0 Å². The molecule has 2 heterocycles. The number of carbonyl (C=O) groups is 1. The molecule has 0 bridgehead atoms. The molecule has 0 spiro atoms. The highest BCUT2D eigenvalue weighted by atomic mass is 16.6. The third-order valence-electron chi connectivity index (χ3n) is 4.55. The molecule has 1 aliphatic heterocycles. The molecule has 3 rings (SSSR count). The number of nitrogens with one attached hydrogen (secondary N) is 2. The topological polar surface area (TPSA) is 72.7 Å². The Morgan fingerprint density at radius 3 is 2.83 bits per heavy atom. The van der Waals surface area contributed by atoms with Gasteiger partial charge in [-0.3, -0.25) is 0 Å². The predicted octanol–water partition coefficient (Wildman–Crippen LogP) is 2.61. The van der Waals surface area contributed by atoms with Crippen LogP contribution in [0.3, 0.4) is 0 Å². The second-order valence-corrected chi connectivity index (χ2v) is 7.43. The lowest BCUT2D eigenvalue weighted by atomic mass is 9.71. The smallest absolute Gasteiger partial charge is 0.407 e. The molecule has 2 fully saturated rings. The van der Waals surface area contributed by atoms with E-state index in [1.807, 2.05) is 26.8 Å². The Bertz CT molecular complexity index is 537. The SMILES string of the molecule is CC(NC1C(NC(=O)OC(C)(C)C)C2CCOC21)c1ccoc1. The van der Waals surface area contributed by atoms with E-state index < -0.39 is 5.60 Å². The summed E-state index contributed by atoms with van der Waals surface area (Å²) >= 11 is 0. The summed E-state index contributed by atoms with van der Waals surface area (Å²) in [6.45, 7) is 8.43. The molecule has 23 heavy (non-hydrogen) atoms. The zero-order chi connectivity index (χ0) is 16.6. The average Bonchev–Trinajstić information content (AvgIpc) is 3.10. The van der Waals surface area contributed by atoms with Crippen molar-refractivity contribution in [2.45, 2.75) is 63.9 Å². The van der Waals surface area contributed by atoms with Crippen molar-refractivity contribution in [3.05, 3.63) is 24.2 Å². The van der Waals surface area contributed by atoms with Crippen molar-refractivity contribution >= 4 is 6.09 Å². The van der Waals surface area contributed by atoms with Crippen LogP contribution in [0.1, 0.15) is 45.7 Å². The molecular formula is C17H26N2O4. The second-order valence-electron chi connectivity index (χ2n) is 7.43. The fourth-order valence-corrected chi connectivity index (χ4v) is 3.45. The number of carbonyl (C=O) groups excluding carboxylic acids is 1. The molecule has 5 atom stereocenters. The standard InChI is InChI=1S/C17H26N2O4/c1-10(11-5-7-21-9-11)18-14-13(12-6-8-22-15(12)14)19-16(20)23-17(2,3)4/h5,7,9-10,12-15,18H,6,8H2,1-4H3,(H,19,20). The summed E-state index contributed by atoms with van der Waals surface area (Å²) in [5, 5.41) is 6.57. The van der Waals surface area contributed by atoms with Gasteiger partial charge in [-0.2, -0.15) is 0 Å². The number of hydrogen-bond acceptors (Lipinski definition) is 5. The van der Waals surface area contributed by atoms with Crippen LogP contribution in [0.2, 0.25) is 0 Å². The average molecular weight is 322 g/mol. The van der Waals surface area contributed by atoms with Crippen molar-refractivity contribution in [3.63, 3.8) is 0 Å². The minimum atomic E-state index is -0.494. The van der Waals surface area contributed by atoms with Crippen molar-refractivity contribution < 1.29 is 18.7 Å². The molecule has 0 aromatic carbocycles. The molecule has 5 unspecified atom stereocenters. The molecule has 6 nitrogen and oxygen atoms in total. The van der Waals surface area contributed by atoms with Gasteiger partial charge in [0.2, 0.25) is 0 Å². The summed E-state index contributed by atoms with van der Waals surface area (Å²) < 4.78 is 16.3. The molecule has 1 saturated heterocycles. The van der Waals surface area contributed by atoms with Gasteiger partial charge in [-0.1, -0.05) is 0 Å². The molecule has 6 heteroatoms. The van der Waals surface area contributed by atoms with Gasteiger partial charge in [0.05, 0.1) is 30.7 Å². The summed E-state index contributed by atoms with van der Waals surface area (Å²) in [5.41, 5.74) is 0.592. The van der Waals surface area contributed by atoms with Crippen LogP contribution in [0.4, 0.5) is 4.79 Å². The predicted molar refractivity (Wildman–Crippen MR) is 85.1 cm³/mol. The Kier molecular flexibility index (Phi) is 4.38. The van der Waals surface area contributed by atoms with Crippen LogP contribution in [0.25, 0.3) is 0 Å². The Hall–Kier alpha value is -1.53. The highest BCUT2D eigenvalue weighted by Crippen LogP contribution is 2.40. The minimum absolute atomic E-state index is 0.0340. The number of amides is 1. The van der Waals surface area contributed by atoms with Crippen molar-refractivity contribution in [1.29, 1.82) is 0 Å². The van der Waals surface area contributed by atoms with Gasteiger partial charge in [-0.05, 0) is 40.2 Å². The lowest BCUT2D eigenvalue weighted by Gasteiger charge is -2.49. The first-order chi connectivity index (χ1) is 10.8. The van der Waals surface area contributed by atoms with Crippen LogP contribution in [0.5, 0.6) is 0 Å². The maximum Gasteiger partial charge on any atom is 0.407 e. The fraction of sp³-hybridized carbons (Fsp3) is 0.706. The van der Waals surface area contributed by atoms with Gasteiger partial charge in [0.1, 0.15) is 5.60 Å².